The van der Waals surface area contributed by atoms with E-state index in [1.165, 1.54) is 29.0 Å². The van der Waals surface area contributed by atoms with E-state index >= 15 is 0 Å². The summed E-state index contributed by atoms with van der Waals surface area (Å²) in [7, 11) is 0. The lowest BCUT2D eigenvalue weighted by molar-refractivity contribution is 0.0763. The van der Waals surface area contributed by atoms with Gasteiger partial charge >= 0.3 is 0 Å². The molecule has 8 bridgehead atoms. The Hall–Kier alpha value is -4.22. The number of hydrogen-bond acceptors (Lipinski definition) is 8. The number of fused-ring (bicyclic) bond motifs is 8. The van der Waals surface area contributed by atoms with Crippen LogP contribution in [-0.2, 0) is 0 Å². The van der Waals surface area contributed by atoms with Crippen molar-refractivity contribution < 1.29 is 21.2 Å². The van der Waals surface area contributed by atoms with Gasteiger partial charge in [-0.3, -0.25) is 18.7 Å². The molecular formula is C28H28N6O4. The van der Waals surface area contributed by atoms with Gasteiger partial charge in [0, 0.05) is 0 Å². The molecule has 6 N–H and O–H groups in total. The number of nitrogens with zero attached hydrogens (tertiary/aromatic N) is 4. The highest BCUT2D eigenvalue weighted by Crippen LogP contribution is 2.21. The zero-order valence-corrected chi connectivity index (χ0v) is 20.8. The van der Waals surface area contributed by atoms with Crippen molar-refractivity contribution in [1.29, 1.82) is 0 Å². The van der Waals surface area contributed by atoms with Gasteiger partial charge in [-0.2, -0.15) is 0 Å². The van der Waals surface area contributed by atoms with Crippen LogP contribution in [0.1, 0.15) is 47.6 Å². The van der Waals surface area contributed by atoms with Crippen LogP contribution in [0.5, 0.6) is 0 Å². The van der Waals surface area contributed by atoms with Gasteiger partial charge in [0.15, 0.2) is 0 Å². The summed E-state index contributed by atoms with van der Waals surface area (Å²) in [6, 6.07) is 9.39. The molecule has 4 atom stereocenters. The average molecular weight is 514 g/mol. The maximum atomic E-state index is 13.3. The predicted octanol–water partition coefficient (Wildman–Crippen LogP) is 2.30. The van der Waals surface area contributed by atoms with E-state index in [0.717, 1.165) is 0 Å². The Morgan fingerprint density at radius 1 is 0.711 bits per heavy atom. The Morgan fingerprint density at radius 3 is 1.45 bits per heavy atom. The summed E-state index contributed by atoms with van der Waals surface area (Å²) in [4.78, 5) is 35.8. The predicted molar refractivity (Wildman–Crippen MR) is 147 cm³/mol. The third kappa shape index (κ3) is 4.73. The highest BCUT2D eigenvalue weighted by atomic mass is 16.3. The van der Waals surface area contributed by atoms with E-state index in [9.17, 15) is 19.8 Å². The van der Waals surface area contributed by atoms with E-state index in [2.05, 4.69) is 9.97 Å². The van der Waals surface area contributed by atoms with Crippen molar-refractivity contribution in [3.05, 3.63) is 71.3 Å². The second-order valence-electron chi connectivity index (χ2n) is 9.33. The van der Waals surface area contributed by atoms with Crippen molar-refractivity contribution in [2.24, 2.45) is 11.5 Å². The number of rotatable bonds is 4. The van der Waals surface area contributed by atoms with Crippen LogP contribution in [0.4, 0.5) is 0 Å². The Morgan fingerprint density at radius 2 is 1.05 bits per heavy atom. The maximum absolute atomic E-state index is 13.3. The number of hydrogen-bond donors (Lipinski definition) is 4. The molecule has 10 heteroatoms. The summed E-state index contributed by atoms with van der Waals surface area (Å²) in [5.74, 6) is -1.06. The summed E-state index contributed by atoms with van der Waals surface area (Å²) in [5, 5.41) is 20.0. The molecule has 0 saturated carbocycles. The lowest BCUT2D eigenvalue weighted by Gasteiger charge is -2.15. The van der Waals surface area contributed by atoms with Gasteiger partial charge in [-0.15, -0.1) is 0 Å². The monoisotopic (exact) mass is 513 g/mol. The second kappa shape index (κ2) is 9.92. The van der Waals surface area contributed by atoms with Crippen molar-refractivity contribution >= 4 is 58.2 Å². The summed E-state index contributed by atoms with van der Waals surface area (Å²) in [6.07, 6.45) is 4.79. The SMILES string of the molecule is [2H]c1cc2cc3nc(cc4ccc(cc5nc(cc1n2C(=O)[C@@H](N)[C@@H](C)O)C=C5)n4C(=O)[C@@H](N)[C@@H](C)O)C=C3. The second-order valence-corrected chi connectivity index (χ2v) is 9.33. The van der Waals surface area contributed by atoms with Crippen LogP contribution in [0.2, 0.25) is 0 Å². The first kappa shape index (κ1) is 24.1. The Balaban J connectivity index is 1.86. The van der Waals surface area contributed by atoms with Crippen LogP contribution < -0.4 is 11.5 Å². The van der Waals surface area contributed by atoms with Gasteiger partial charge in [0.2, 0.25) is 0 Å². The third-order valence-electron chi connectivity index (χ3n) is 6.40. The Kier molecular flexibility index (Phi) is 6.30. The van der Waals surface area contributed by atoms with Gasteiger partial charge in [-0.25, -0.2) is 9.97 Å². The lowest BCUT2D eigenvalue weighted by atomic mass is 10.2. The summed E-state index contributed by atoms with van der Waals surface area (Å²) < 4.78 is 11.3. The minimum atomic E-state index is -1.21. The number of aliphatic hydroxyl groups excluding tert-OH is 2. The number of nitrogens with two attached hydrogens (primary N) is 2. The molecule has 0 radical (unpaired) electrons. The number of aromatic nitrogens is 4. The van der Waals surface area contributed by atoms with Crippen LogP contribution in [0.3, 0.4) is 0 Å². The normalized spacial score (nSPS) is 16.1. The third-order valence-corrected chi connectivity index (χ3v) is 6.40. The molecule has 0 unspecified atom stereocenters. The molecule has 3 aromatic rings. The number of carbonyl (C=O) groups is 2. The Bertz CT molecular complexity index is 1720. The fourth-order valence-electron chi connectivity index (χ4n) is 4.24. The van der Waals surface area contributed by atoms with Crippen LogP contribution in [0.25, 0.3) is 46.4 Å². The molecule has 0 aliphatic carbocycles. The van der Waals surface area contributed by atoms with Gasteiger partial charge in [-0.05, 0) is 86.7 Å². The highest BCUT2D eigenvalue weighted by Gasteiger charge is 2.24. The molecule has 0 amide bonds. The molecule has 3 aromatic heterocycles. The minimum absolute atomic E-state index is 0.0689. The van der Waals surface area contributed by atoms with E-state index in [4.69, 9.17) is 12.8 Å². The van der Waals surface area contributed by atoms with E-state index in [-0.39, 0.29) is 11.6 Å². The molecular weight excluding hydrogens is 484 g/mol. The van der Waals surface area contributed by atoms with E-state index in [0.29, 0.717) is 39.3 Å². The standard InChI is InChI=1S/C28H28N6O4/c1-15(35)25(29)27(37)33-21-7-8-22(33)12-18-4-6-20(32-18)14-24-10-9-23(13-19-5-3-17(11-21)31-19)34(24)28(38)26(30)16(2)36/h3-16,25-26,35-36H,29-30H2,1-2H3/t15-,16-,25+,26+/m1/s1/i7D. The van der Waals surface area contributed by atoms with Crippen molar-refractivity contribution in [2.45, 2.75) is 38.1 Å². The average Bonchev–Trinajstić information content (AvgIpc) is 3.67. The summed E-state index contributed by atoms with van der Waals surface area (Å²) >= 11 is 0. The first-order chi connectivity index (χ1) is 18.5. The highest BCUT2D eigenvalue weighted by molar-refractivity contribution is 5.96. The van der Waals surface area contributed by atoms with Gasteiger partial charge in [0.05, 0.1) is 58.4 Å². The minimum Gasteiger partial charge on any atom is -0.391 e. The van der Waals surface area contributed by atoms with Crippen molar-refractivity contribution in [2.75, 3.05) is 0 Å². The maximum Gasteiger partial charge on any atom is 0.251 e. The van der Waals surface area contributed by atoms with Crippen molar-refractivity contribution in [1.82, 2.24) is 19.1 Å². The molecule has 0 spiro atoms. The van der Waals surface area contributed by atoms with Crippen LogP contribution in [0.15, 0.2) is 48.5 Å². The number of aliphatic hydroxyl groups is 2. The van der Waals surface area contributed by atoms with Gasteiger partial charge in [0.1, 0.15) is 12.1 Å². The fourth-order valence-corrected chi connectivity index (χ4v) is 4.24. The number of carbonyl (C=O) groups excluding carboxylic acids is 2. The van der Waals surface area contributed by atoms with Gasteiger partial charge in [0.25, 0.3) is 11.8 Å². The molecule has 2 aliphatic heterocycles. The topological polar surface area (TPSA) is 162 Å². The molecule has 2 aliphatic rings. The molecule has 5 heterocycles. The molecule has 194 valence electrons. The van der Waals surface area contributed by atoms with Crippen LogP contribution in [0, 0.1) is 0 Å². The van der Waals surface area contributed by atoms with Gasteiger partial charge < -0.3 is 21.7 Å². The van der Waals surface area contributed by atoms with E-state index in [1.807, 2.05) is 0 Å². The van der Waals surface area contributed by atoms with Crippen LogP contribution >= 0.6 is 0 Å². The van der Waals surface area contributed by atoms with Crippen LogP contribution in [-0.4, -0.2) is 65.4 Å². The van der Waals surface area contributed by atoms with Crippen molar-refractivity contribution in [3.8, 4) is 0 Å². The molecule has 38 heavy (non-hydrogen) atoms. The zero-order chi connectivity index (χ0) is 28.0. The van der Waals surface area contributed by atoms with Crippen molar-refractivity contribution in [3.63, 3.8) is 0 Å². The van der Waals surface area contributed by atoms with Gasteiger partial charge in [-0.1, -0.05) is 0 Å². The molecule has 0 fully saturated rings. The van der Waals surface area contributed by atoms with E-state index < -0.39 is 36.1 Å². The summed E-state index contributed by atoms with van der Waals surface area (Å²) in [6.45, 7) is 2.89. The first-order valence-corrected chi connectivity index (χ1v) is 12.1. The van der Waals surface area contributed by atoms with E-state index in [1.54, 1.807) is 60.7 Å². The lowest BCUT2D eigenvalue weighted by Crippen LogP contribution is -2.43. The first-order valence-electron chi connectivity index (χ1n) is 12.6. The smallest absolute Gasteiger partial charge is 0.251 e. The fraction of sp³-hybridized carbons (Fsp3) is 0.214. The molecule has 0 aromatic carbocycles. The quantitative estimate of drug-likeness (QED) is 0.284. The Labute approximate surface area is 219 Å². The molecule has 10 nitrogen and oxygen atoms in total. The zero-order valence-electron chi connectivity index (χ0n) is 21.8. The molecule has 5 rings (SSSR count). The largest absolute Gasteiger partial charge is 0.391 e. The summed E-state index contributed by atoms with van der Waals surface area (Å²) in [5.41, 5.74) is 15.7. The molecule has 0 saturated heterocycles.